The fourth-order valence-electron chi connectivity index (χ4n) is 2.99. The van der Waals surface area contributed by atoms with Gasteiger partial charge in [-0.15, -0.1) is 0 Å². The Morgan fingerprint density at radius 1 is 1.07 bits per heavy atom. The highest BCUT2D eigenvalue weighted by Crippen LogP contribution is 2.30. The van der Waals surface area contributed by atoms with Crippen molar-refractivity contribution < 1.29 is 14.6 Å². The molecule has 0 heterocycles. The number of aryl methyl sites for hydroxylation is 1. The highest BCUT2D eigenvalue weighted by Gasteiger charge is 2.24. The largest absolute Gasteiger partial charge is 0.489 e. The van der Waals surface area contributed by atoms with Crippen molar-refractivity contribution in [2.75, 3.05) is 5.32 Å². The Morgan fingerprint density at radius 2 is 1.79 bits per heavy atom. The van der Waals surface area contributed by atoms with Crippen LogP contribution in [0.3, 0.4) is 0 Å². The van der Waals surface area contributed by atoms with Crippen molar-refractivity contribution in [1.82, 2.24) is 0 Å². The lowest BCUT2D eigenvalue weighted by Gasteiger charge is -2.20. The standard InChI is InChI=1S/C24H22N2O3/c1-2-17-10-13-22(29-16-19-6-4-3-5-7-19)21(14-17)23(24(27)28)26-20-11-8-18(15-25)9-12-20/h3-14,23,26H,2,16H2,1H3,(H,27,28). The van der Waals surface area contributed by atoms with Crippen molar-refractivity contribution in [3.05, 3.63) is 95.1 Å². The van der Waals surface area contributed by atoms with Gasteiger partial charge >= 0.3 is 5.97 Å². The van der Waals surface area contributed by atoms with Gasteiger partial charge in [0.25, 0.3) is 0 Å². The number of carbonyl (C=O) groups is 1. The molecule has 0 bridgehead atoms. The topological polar surface area (TPSA) is 82.3 Å². The lowest BCUT2D eigenvalue weighted by molar-refractivity contribution is -0.138. The number of nitrogens with zero attached hydrogens (tertiary/aromatic N) is 1. The number of carboxylic acid groups (broad SMARTS) is 1. The molecule has 1 unspecified atom stereocenters. The fourth-order valence-corrected chi connectivity index (χ4v) is 2.99. The summed E-state index contributed by atoms with van der Waals surface area (Å²) in [5.74, 6) is -0.480. The van der Waals surface area contributed by atoms with Crippen molar-refractivity contribution >= 4 is 11.7 Å². The molecule has 2 N–H and O–H groups in total. The van der Waals surface area contributed by atoms with E-state index in [0.29, 0.717) is 29.2 Å². The van der Waals surface area contributed by atoms with Gasteiger partial charge in [0.2, 0.25) is 0 Å². The maximum absolute atomic E-state index is 12.1. The highest BCUT2D eigenvalue weighted by atomic mass is 16.5. The van der Waals surface area contributed by atoms with E-state index in [1.165, 1.54) is 0 Å². The molecule has 0 fully saturated rings. The zero-order valence-corrected chi connectivity index (χ0v) is 16.1. The zero-order chi connectivity index (χ0) is 20.6. The molecule has 0 amide bonds. The molecule has 0 saturated carbocycles. The van der Waals surface area contributed by atoms with Gasteiger partial charge in [-0.05, 0) is 53.9 Å². The molecule has 0 aliphatic heterocycles. The SMILES string of the molecule is CCc1ccc(OCc2ccccc2)c(C(Nc2ccc(C#N)cc2)C(=O)O)c1. The number of hydrogen-bond donors (Lipinski definition) is 2. The Labute approximate surface area is 170 Å². The molecule has 3 aromatic rings. The van der Waals surface area contributed by atoms with Crippen LogP contribution in [0.4, 0.5) is 5.69 Å². The van der Waals surface area contributed by atoms with Crippen LogP contribution in [-0.2, 0) is 17.8 Å². The number of benzene rings is 3. The van der Waals surface area contributed by atoms with E-state index in [1.54, 1.807) is 24.3 Å². The van der Waals surface area contributed by atoms with Crippen LogP contribution < -0.4 is 10.1 Å². The second-order valence-electron chi connectivity index (χ2n) is 6.60. The monoisotopic (exact) mass is 386 g/mol. The number of rotatable bonds is 8. The summed E-state index contributed by atoms with van der Waals surface area (Å²) < 4.78 is 5.98. The molecule has 1 atom stereocenters. The molecule has 0 radical (unpaired) electrons. The predicted octanol–water partition coefficient (Wildman–Crippen LogP) is 4.94. The van der Waals surface area contributed by atoms with E-state index in [-0.39, 0.29) is 0 Å². The van der Waals surface area contributed by atoms with Crippen molar-refractivity contribution in [3.63, 3.8) is 0 Å². The molecule has 3 aromatic carbocycles. The molecule has 29 heavy (non-hydrogen) atoms. The molecular weight excluding hydrogens is 364 g/mol. The third kappa shape index (κ3) is 5.14. The van der Waals surface area contributed by atoms with Crippen LogP contribution in [0.1, 0.15) is 35.2 Å². The Bertz CT molecular complexity index is 1010. The summed E-state index contributed by atoms with van der Waals surface area (Å²) in [7, 11) is 0. The average molecular weight is 386 g/mol. The lowest BCUT2D eigenvalue weighted by Crippen LogP contribution is -2.21. The summed E-state index contributed by atoms with van der Waals surface area (Å²) in [6, 6.07) is 23.1. The van der Waals surface area contributed by atoms with Crippen molar-refractivity contribution in [2.24, 2.45) is 0 Å². The van der Waals surface area contributed by atoms with E-state index in [1.807, 2.05) is 55.5 Å². The maximum atomic E-state index is 12.1. The second kappa shape index (κ2) is 9.43. The van der Waals surface area contributed by atoms with Gasteiger partial charge in [0, 0.05) is 11.3 Å². The first-order valence-electron chi connectivity index (χ1n) is 9.39. The van der Waals surface area contributed by atoms with Crippen LogP contribution in [0, 0.1) is 11.3 Å². The summed E-state index contributed by atoms with van der Waals surface area (Å²) in [5.41, 5.74) is 3.73. The number of anilines is 1. The lowest BCUT2D eigenvalue weighted by atomic mass is 10.0. The van der Waals surface area contributed by atoms with Gasteiger partial charge in [0.05, 0.1) is 11.6 Å². The molecular formula is C24H22N2O3. The Hall–Kier alpha value is -3.78. The van der Waals surface area contributed by atoms with Crippen LogP contribution in [0.25, 0.3) is 0 Å². The molecule has 3 rings (SSSR count). The summed E-state index contributed by atoms with van der Waals surface area (Å²) in [4.78, 5) is 12.1. The van der Waals surface area contributed by atoms with Crippen LogP contribution in [0.5, 0.6) is 5.75 Å². The van der Waals surface area contributed by atoms with Crippen molar-refractivity contribution in [2.45, 2.75) is 26.0 Å². The number of hydrogen-bond acceptors (Lipinski definition) is 4. The molecule has 0 aromatic heterocycles. The number of ether oxygens (including phenoxy) is 1. The minimum Gasteiger partial charge on any atom is -0.489 e. The smallest absolute Gasteiger partial charge is 0.330 e. The third-order valence-corrected chi connectivity index (χ3v) is 4.60. The van der Waals surface area contributed by atoms with E-state index in [0.717, 1.165) is 17.5 Å². The van der Waals surface area contributed by atoms with Gasteiger partial charge in [0.15, 0.2) is 6.04 Å². The summed E-state index contributed by atoms with van der Waals surface area (Å²) in [6.45, 7) is 2.37. The van der Waals surface area contributed by atoms with Crippen molar-refractivity contribution in [3.8, 4) is 11.8 Å². The fraction of sp³-hybridized carbons (Fsp3) is 0.167. The molecule has 0 aliphatic rings. The molecule has 0 aliphatic carbocycles. The van der Waals surface area contributed by atoms with Gasteiger partial charge in [-0.25, -0.2) is 4.79 Å². The summed E-state index contributed by atoms with van der Waals surface area (Å²) in [5, 5.41) is 21.9. The Morgan fingerprint density at radius 3 is 2.41 bits per heavy atom. The van der Waals surface area contributed by atoms with Crippen LogP contribution >= 0.6 is 0 Å². The third-order valence-electron chi connectivity index (χ3n) is 4.60. The molecule has 146 valence electrons. The number of nitriles is 1. The van der Waals surface area contributed by atoms with E-state index in [4.69, 9.17) is 10.00 Å². The van der Waals surface area contributed by atoms with E-state index in [9.17, 15) is 9.90 Å². The number of nitrogens with one attached hydrogen (secondary N) is 1. The van der Waals surface area contributed by atoms with Gasteiger partial charge < -0.3 is 15.2 Å². The van der Waals surface area contributed by atoms with E-state index >= 15 is 0 Å². The quantitative estimate of drug-likeness (QED) is 0.573. The van der Waals surface area contributed by atoms with E-state index < -0.39 is 12.0 Å². The van der Waals surface area contributed by atoms with Gasteiger partial charge in [-0.1, -0.05) is 43.3 Å². The summed E-state index contributed by atoms with van der Waals surface area (Å²) in [6.07, 6.45) is 0.787. The van der Waals surface area contributed by atoms with Gasteiger partial charge in [-0.3, -0.25) is 0 Å². The average Bonchev–Trinajstić information content (AvgIpc) is 2.77. The van der Waals surface area contributed by atoms with Crippen LogP contribution in [0.2, 0.25) is 0 Å². The minimum atomic E-state index is -1.01. The molecule has 5 heteroatoms. The van der Waals surface area contributed by atoms with Gasteiger partial charge in [0.1, 0.15) is 12.4 Å². The number of carboxylic acids is 1. The summed E-state index contributed by atoms with van der Waals surface area (Å²) >= 11 is 0. The Kier molecular flexibility index (Phi) is 6.49. The van der Waals surface area contributed by atoms with E-state index in [2.05, 4.69) is 11.4 Å². The van der Waals surface area contributed by atoms with Crippen LogP contribution in [-0.4, -0.2) is 11.1 Å². The molecule has 5 nitrogen and oxygen atoms in total. The number of aliphatic carboxylic acids is 1. The second-order valence-corrected chi connectivity index (χ2v) is 6.60. The van der Waals surface area contributed by atoms with Gasteiger partial charge in [-0.2, -0.15) is 5.26 Å². The molecule has 0 spiro atoms. The predicted molar refractivity (Wildman–Crippen MR) is 112 cm³/mol. The zero-order valence-electron chi connectivity index (χ0n) is 16.1. The van der Waals surface area contributed by atoms with Crippen LogP contribution in [0.15, 0.2) is 72.8 Å². The highest BCUT2D eigenvalue weighted by molar-refractivity contribution is 5.80. The first-order valence-corrected chi connectivity index (χ1v) is 9.39. The maximum Gasteiger partial charge on any atom is 0.330 e. The first kappa shape index (κ1) is 20.0. The minimum absolute atomic E-state index is 0.350. The first-order chi connectivity index (χ1) is 14.1. The Balaban J connectivity index is 1.90. The normalized spacial score (nSPS) is 11.3. The van der Waals surface area contributed by atoms with Crippen molar-refractivity contribution in [1.29, 1.82) is 5.26 Å². The molecule has 0 saturated heterocycles.